The van der Waals surface area contributed by atoms with E-state index < -0.39 is 0 Å². The molecular formula is C11H18N4O2. The minimum absolute atomic E-state index is 0.0276. The van der Waals surface area contributed by atoms with Gasteiger partial charge >= 0.3 is 0 Å². The van der Waals surface area contributed by atoms with Crippen molar-refractivity contribution in [1.82, 2.24) is 15.1 Å². The number of rotatable bonds is 4. The van der Waals surface area contributed by atoms with E-state index in [9.17, 15) is 4.79 Å². The van der Waals surface area contributed by atoms with Gasteiger partial charge in [0.1, 0.15) is 0 Å². The lowest BCUT2D eigenvalue weighted by Gasteiger charge is -2.09. The molecule has 2 atom stereocenters. The summed E-state index contributed by atoms with van der Waals surface area (Å²) >= 11 is 0. The number of hydrogen-bond acceptors (Lipinski definition) is 4. The number of nitrogens with one attached hydrogen (secondary N) is 2. The first-order chi connectivity index (χ1) is 8.22. The summed E-state index contributed by atoms with van der Waals surface area (Å²) in [6.07, 6.45) is 4.32. The number of ether oxygens (including phenoxy) is 1. The molecule has 0 spiro atoms. The maximum Gasteiger partial charge on any atom is 0.241 e. The molecule has 1 fully saturated rings. The van der Waals surface area contributed by atoms with Crippen LogP contribution in [-0.2, 0) is 16.1 Å². The van der Waals surface area contributed by atoms with Gasteiger partial charge in [-0.2, -0.15) is 5.10 Å². The molecule has 0 unspecified atom stereocenters. The first-order valence-electron chi connectivity index (χ1n) is 5.82. The zero-order valence-electron chi connectivity index (χ0n) is 10.1. The van der Waals surface area contributed by atoms with Crippen LogP contribution in [0.1, 0.15) is 13.3 Å². The van der Waals surface area contributed by atoms with E-state index >= 15 is 0 Å². The maximum absolute atomic E-state index is 11.9. The van der Waals surface area contributed by atoms with E-state index in [1.54, 1.807) is 18.0 Å². The average molecular weight is 238 g/mol. The van der Waals surface area contributed by atoms with Gasteiger partial charge in [0, 0.05) is 26.4 Å². The molecule has 17 heavy (non-hydrogen) atoms. The van der Waals surface area contributed by atoms with Crippen LogP contribution >= 0.6 is 0 Å². The minimum Gasteiger partial charge on any atom is -0.380 e. The minimum atomic E-state index is -0.176. The highest BCUT2D eigenvalue weighted by molar-refractivity contribution is 5.94. The Labute approximate surface area is 100 Å². The van der Waals surface area contributed by atoms with Crippen LogP contribution in [-0.4, -0.2) is 41.5 Å². The topological polar surface area (TPSA) is 68.2 Å². The summed E-state index contributed by atoms with van der Waals surface area (Å²) in [6.45, 7) is 3.52. The maximum atomic E-state index is 11.9. The number of amides is 1. The van der Waals surface area contributed by atoms with E-state index in [1.165, 1.54) is 0 Å². The van der Waals surface area contributed by atoms with Crippen LogP contribution in [0.5, 0.6) is 0 Å². The number of methoxy groups -OCH3 is 1. The molecule has 6 heteroatoms. The van der Waals surface area contributed by atoms with Crippen LogP contribution in [0.15, 0.2) is 12.4 Å². The number of nitrogens with zero attached hydrogens (tertiary/aromatic N) is 2. The van der Waals surface area contributed by atoms with Gasteiger partial charge in [-0.3, -0.25) is 9.48 Å². The highest BCUT2D eigenvalue weighted by Gasteiger charge is 2.29. The fraction of sp³-hybridized carbons (Fsp3) is 0.636. The van der Waals surface area contributed by atoms with E-state index in [0.717, 1.165) is 18.8 Å². The van der Waals surface area contributed by atoms with Gasteiger partial charge in [0.2, 0.25) is 5.91 Å². The molecule has 1 aliphatic heterocycles. The molecular weight excluding hydrogens is 220 g/mol. The number of carbonyl (C=O) groups excluding carboxylic acids is 1. The Morgan fingerprint density at radius 3 is 3.18 bits per heavy atom. The van der Waals surface area contributed by atoms with Gasteiger partial charge < -0.3 is 15.4 Å². The summed E-state index contributed by atoms with van der Waals surface area (Å²) < 4.78 is 6.98. The molecule has 1 saturated heterocycles. The van der Waals surface area contributed by atoms with Gasteiger partial charge in [-0.15, -0.1) is 0 Å². The van der Waals surface area contributed by atoms with Crippen molar-refractivity contribution in [3.05, 3.63) is 12.4 Å². The molecule has 1 aromatic rings. The Kier molecular flexibility index (Phi) is 3.75. The fourth-order valence-electron chi connectivity index (χ4n) is 1.91. The predicted molar refractivity (Wildman–Crippen MR) is 63.7 cm³/mol. The number of aryl methyl sites for hydroxylation is 1. The van der Waals surface area contributed by atoms with Gasteiger partial charge in [-0.05, 0) is 13.3 Å². The lowest BCUT2D eigenvalue weighted by atomic mass is 10.2. The Hall–Kier alpha value is -1.40. The third kappa shape index (κ3) is 2.83. The molecule has 0 aromatic carbocycles. The van der Waals surface area contributed by atoms with Crippen molar-refractivity contribution >= 4 is 11.6 Å². The van der Waals surface area contributed by atoms with Crippen molar-refractivity contribution in [2.75, 3.05) is 19.0 Å². The van der Waals surface area contributed by atoms with Crippen molar-refractivity contribution in [3.8, 4) is 0 Å². The molecule has 1 amide bonds. The third-order valence-electron chi connectivity index (χ3n) is 2.97. The standard InChI is InChI=1S/C11H18N4O2/c1-3-15-7-8(5-13-15)14-11(16)10-4-9(17-2)6-12-10/h5,7,9-10,12H,3-4,6H2,1-2H3,(H,14,16)/t9-,10-/m0/s1. The van der Waals surface area contributed by atoms with Gasteiger partial charge in [-0.1, -0.05) is 0 Å². The van der Waals surface area contributed by atoms with Crippen LogP contribution in [0.25, 0.3) is 0 Å². The first kappa shape index (κ1) is 12.1. The Morgan fingerprint density at radius 2 is 2.59 bits per heavy atom. The molecule has 0 bridgehead atoms. The van der Waals surface area contributed by atoms with Crippen molar-refractivity contribution in [3.63, 3.8) is 0 Å². The average Bonchev–Trinajstić information content (AvgIpc) is 2.96. The second-order valence-corrected chi connectivity index (χ2v) is 4.13. The highest BCUT2D eigenvalue weighted by atomic mass is 16.5. The smallest absolute Gasteiger partial charge is 0.241 e. The van der Waals surface area contributed by atoms with Crippen molar-refractivity contribution < 1.29 is 9.53 Å². The Balaban J connectivity index is 1.89. The van der Waals surface area contributed by atoms with E-state index in [0.29, 0.717) is 6.42 Å². The lowest BCUT2D eigenvalue weighted by molar-refractivity contribution is -0.118. The van der Waals surface area contributed by atoms with Crippen molar-refractivity contribution in [1.29, 1.82) is 0 Å². The molecule has 6 nitrogen and oxygen atoms in total. The second-order valence-electron chi connectivity index (χ2n) is 4.13. The largest absolute Gasteiger partial charge is 0.380 e. The van der Waals surface area contributed by atoms with Gasteiger partial charge in [-0.25, -0.2) is 0 Å². The molecule has 0 saturated carbocycles. The highest BCUT2D eigenvalue weighted by Crippen LogP contribution is 2.12. The van der Waals surface area contributed by atoms with Gasteiger partial charge in [0.25, 0.3) is 0 Å². The van der Waals surface area contributed by atoms with Gasteiger partial charge in [0.15, 0.2) is 0 Å². The molecule has 2 rings (SSSR count). The molecule has 1 aromatic heterocycles. The molecule has 2 N–H and O–H groups in total. The van der Waals surface area contributed by atoms with Gasteiger partial charge in [0.05, 0.1) is 24.0 Å². The lowest BCUT2D eigenvalue weighted by Crippen LogP contribution is -2.35. The van der Waals surface area contributed by atoms with E-state index in [4.69, 9.17) is 4.74 Å². The summed E-state index contributed by atoms with van der Waals surface area (Å²) in [7, 11) is 1.66. The molecule has 94 valence electrons. The first-order valence-corrected chi connectivity index (χ1v) is 5.82. The molecule has 0 radical (unpaired) electrons. The zero-order chi connectivity index (χ0) is 12.3. The van der Waals surface area contributed by atoms with Crippen LogP contribution < -0.4 is 10.6 Å². The van der Waals surface area contributed by atoms with Crippen molar-refractivity contribution in [2.24, 2.45) is 0 Å². The monoisotopic (exact) mass is 238 g/mol. The van der Waals surface area contributed by atoms with E-state index in [1.807, 2.05) is 13.1 Å². The quantitative estimate of drug-likeness (QED) is 0.787. The number of anilines is 1. The van der Waals surface area contributed by atoms with Crippen LogP contribution in [0.4, 0.5) is 5.69 Å². The molecule has 1 aliphatic rings. The fourth-order valence-corrected chi connectivity index (χ4v) is 1.91. The molecule has 0 aliphatic carbocycles. The zero-order valence-corrected chi connectivity index (χ0v) is 10.1. The second kappa shape index (κ2) is 5.29. The summed E-state index contributed by atoms with van der Waals surface area (Å²) in [5, 5.41) is 10.1. The molecule has 2 heterocycles. The van der Waals surface area contributed by atoms with Crippen LogP contribution in [0.3, 0.4) is 0 Å². The summed E-state index contributed by atoms with van der Waals surface area (Å²) in [5.41, 5.74) is 0.736. The van der Waals surface area contributed by atoms with Crippen LogP contribution in [0.2, 0.25) is 0 Å². The summed E-state index contributed by atoms with van der Waals surface area (Å²) in [6, 6.07) is -0.176. The number of aromatic nitrogens is 2. The van der Waals surface area contributed by atoms with E-state index in [-0.39, 0.29) is 18.1 Å². The Morgan fingerprint density at radius 1 is 1.76 bits per heavy atom. The summed E-state index contributed by atoms with van der Waals surface area (Å²) in [4.78, 5) is 11.9. The van der Waals surface area contributed by atoms with Crippen molar-refractivity contribution in [2.45, 2.75) is 32.0 Å². The van der Waals surface area contributed by atoms with E-state index in [2.05, 4.69) is 15.7 Å². The third-order valence-corrected chi connectivity index (χ3v) is 2.97. The predicted octanol–water partition coefficient (Wildman–Crippen LogP) is 0.218. The van der Waals surface area contributed by atoms with Crippen LogP contribution in [0, 0.1) is 0 Å². The summed E-state index contributed by atoms with van der Waals surface area (Å²) in [5.74, 6) is -0.0276. The Bertz CT molecular complexity index is 391. The SMILES string of the molecule is CCn1cc(NC(=O)[C@@H]2C[C@H](OC)CN2)cn1. The number of hydrogen-bond donors (Lipinski definition) is 2. The normalized spacial score (nSPS) is 23.9. The number of carbonyl (C=O) groups is 1.